The van der Waals surface area contributed by atoms with E-state index in [1.165, 1.54) is 0 Å². The van der Waals surface area contributed by atoms with E-state index in [0.29, 0.717) is 21.8 Å². The zero-order valence-electron chi connectivity index (χ0n) is 16.8. The summed E-state index contributed by atoms with van der Waals surface area (Å²) in [7, 11) is 0. The monoisotopic (exact) mass is 431 g/mol. The average Bonchev–Trinajstić information content (AvgIpc) is 3.27. The van der Waals surface area contributed by atoms with Gasteiger partial charge in [-0.05, 0) is 49.6 Å². The van der Waals surface area contributed by atoms with Gasteiger partial charge >= 0.3 is 6.09 Å². The van der Waals surface area contributed by atoms with Gasteiger partial charge in [0, 0.05) is 24.5 Å². The van der Waals surface area contributed by atoms with E-state index in [4.69, 9.17) is 11.6 Å². The number of hydrogen-bond acceptors (Lipinski definition) is 4. The van der Waals surface area contributed by atoms with Crippen LogP contribution in [0.2, 0.25) is 5.02 Å². The maximum atomic E-state index is 12.9. The number of aliphatic hydroxyl groups is 1. The molecule has 1 heterocycles. The number of halogens is 1. The molecule has 2 aromatic rings. The standard InChI is InChI=1S/C22H26ClN3O4/c1-15(14-27)26(22(29)30)13-16-6-2-3-7-20(16)24-21(28)18-9-8-17(12-19(18)23)25-10-4-5-11-25/h2-3,6-9,12,15,27H,4-5,10-11,13-14H2,1H3,(H,24,28)(H,29,30)/t15-/m1/s1. The molecule has 0 bridgehead atoms. The number of rotatable bonds is 7. The quantitative estimate of drug-likeness (QED) is 0.614. The molecule has 0 spiro atoms. The van der Waals surface area contributed by atoms with Crippen LogP contribution >= 0.6 is 11.6 Å². The molecule has 160 valence electrons. The molecule has 1 saturated heterocycles. The predicted octanol–water partition coefficient (Wildman–Crippen LogP) is 4.05. The Morgan fingerprint density at radius 3 is 2.53 bits per heavy atom. The molecule has 0 aliphatic carbocycles. The summed E-state index contributed by atoms with van der Waals surface area (Å²) in [5.41, 5.74) is 2.48. The fourth-order valence-electron chi connectivity index (χ4n) is 3.52. The lowest BCUT2D eigenvalue weighted by atomic mass is 10.1. The molecule has 0 radical (unpaired) electrons. The number of nitrogens with zero attached hydrogens (tertiary/aromatic N) is 2. The summed E-state index contributed by atoms with van der Waals surface area (Å²) in [6, 6.07) is 11.8. The molecular weight excluding hydrogens is 406 g/mol. The van der Waals surface area contributed by atoms with E-state index < -0.39 is 12.1 Å². The molecule has 1 fully saturated rings. The zero-order valence-corrected chi connectivity index (χ0v) is 17.6. The average molecular weight is 432 g/mol. The second kappa shape index (κ2) is 9.82. The second-order valence-corrected chi connectivity index (χ2v) is 7.82. The summed E-state index contributed by atoms with van der Waals surface area (Å²) in [5, 5.41) is 22.0. The first-order valence-electron chi connectivity index (χ1n) is 9.95. The highest BCUT2D eigenvalue weighted by Crippen LogP contribution is 2.27. The number of anilines is 2. The van der Waals surface area contributed by atoms with E-state index >= 15 is 0 Å². The van der Waals surface area contributed by atoms with E-state index in [1.807, 2.05) is 12.1 Å². The van der Waals surface area contributed by atoms with Crippen molar-refractivity contribution in [2.45, 2.75) is 32.4 Å². The number of aliphatic hydroxyl groups excluding tert-OH is 1. The Morgan fingerprint density at radius 2 is 1.90 bits per heavy atom. The van der Waals surface area contributed by atoms with Crippen molar-refractivity contribution in [3.63, 3.8) is 0 Å². The lowest BCUT2D eigenvalue weighted by molar-refractivity contribution is 0.0999. The van der Waals surface area contributed by atoms with Gasteiger partial charge in [-0.2, -0.15) is 0 Å². The number of carbonyl (C=O) groups excluding carboxylic acids is 1. The number of nitrogens with one attached hydrogen (secondary N) is 1. The van der Waals surface area contributed by atoms with Crippen LogP contribution < -0.4 is 10.2 Å². The smallest absolute Gasteiger partial charge is 0.407 e. The minimum absolute atomic E-state index is 0.0368. The van der Waals surface area contributed by atoms with E-state index in [9.17, 15) is 19.8 Å². The van der Waals surface area contributed by atoms with Gasteiger partial charge in [0.05, 0.1) is 29.8 Å². The minimum Gasteiger partial charge on any atom is -0.465 e. The number of carboxylic acid groups (broad SMARTS) is 1. The fraction of sp³-hybridized carbons (Fsp3) is 0.364. The summed E-state index contributed by atoms with van der Waals surface area (Å²) in [6.07, 6.45) is 1.16. The van der Waals surface area contributed by atoms with Gasteiger partial charge in [-0.15, -0.1) is 0 Å². The van der Waals surface area contributed by atoms with Crippen LogP contribution in [0.15, 0.2) is 42.5 Å². The number of carbonyl (C=O) groups is 2. The molecule has 30 heavy (non-hydrogen) atoms. The third-order valence-corrected chi connectivity index (χ3v) is 5.63. The van der Waals surface area contributed by atoms with Crippen molar-refractivity contribution in [1.82, 2.24) is 4.90 Å². The molecule has 0 aromatic heterocycles. The molecule has 3 N–H and O–H groups in total. The Balaban J connectivity index is 1.78. The molecule has 7 nitrogen and oxygen atoms in total. The third-order valence-electron chi connectivity index (χ3n) is 5.32. The van der Waals surface area contributed by atoms with Crippen molar-refractivity contribution in [2.75, 3.05) is 29.9 Å². The van der Waals surface area contributed by atoms with Gasteiger partial charge in [-0.25, -0.2) is 4.79 Å². The van der Waals surface area contributed by atoms with Crippen molar-refractivity contribution < 1.29 is 19.8 Å². The minimum atomic E-state index is -1.14. The highest BCUT2D eigenvalue weighted by molar-refractivity contribution is 6.34. The molecule has 1 aliphatic rings. The maximum absolute atomic E-state index is 12.9. The van der Waals surface area contributed by atoms with Crippen LogP contribution in [0.3, 0.4) is 0 Å². The van der Waals surface area contributed by atoms with Gasteiger partial charge in [0.1, 0.15) is 0 Å². The van der Waals surface area contributed by atoms with Crippen molar-refractivity contribution in [1.29, 1.82) is 0 Å². The van der Waals surface area contributed by atoms with E-state index in [-0.39, 0.29) is 19.1 Å². The van der Waals surface area contributed by atoms with Crippen LogP contribution in [-0.2, 0) is 6.54 Å². The molecule has 1 aliphatic heterocycles. The van der Waals surface area contributed by atoms with Crippen LogP contribution in [0.4, 0.5) is 16.2 Å². The van der Waals surface area contributed by atoms with E-state index in [1.54, 1.807) is 37.3 Å². The molecule has 8 heteroatoms. The summed E-state index contributed by atoms with van der Waals surface area (Å²) in [5.74, 6) is -0.363. The Kier molecular flexibility index (Phi) is 7.18. The largest absolute Gasteiger partial charge is 0.465 e. The Labute approximate surface area is 180 Å². The Bertz CT molecular complexity index is 915. The molecule has 1 atom stereocenters. The van der Waals surface area contributed by atoms with Crippen LogP contribution in [0, 0.1) is 0 Å². The van der Waals surface area contributed by atoms with E-state index in [2.05, 4.69) is 10.2 Å². The number of hydrogen-bond donors (Lipinski definition) is 3. The van der Waals surface area contributed by atoms with Crippen molar-refractivity contribution in [2.24, 2.45) is 0 Å². The van der Waals surface area contributed by atoms with E-state index in [0.717, 1.165) is 36.5 Å². The van der Waals surface area contributed by atoms with Gasteiger partial charge in [0.25, 0.3) is 5.91 Å². The van der Waals surface area contributed by atoms with Crippen LogP contribution in [0.25, 0.3) is 0 Å². The van der Waals surface area contributed by atoms with Crippen LogP contribution in [-0.4, -0.2) is 52.9 Å². The fourth-order valence-corrected chi connectivity index (χ4v) is 3.78. The highest BCUT2D eigenvalue weighted by atomic mass is 35.5. The number of amides is 2. The summed E-state index contributed by atoms with van der Waals surface area (Å²) < 4.78 is 0. The van der Waals surface area contributed by atoms with Crippen molar-refractivity contribution >= 4 is 35.0 Å². The molecule has 2 aromatic carbocycles. The number of benzene rings is 2. The topological polar surface area (TPSA) is 93.1 Å². The zero-order chi connectivity index (χ0) is 21.7. The molecule has 3 rings (SSSR count). The highest BCUT2D eigenvalue weighted by Gasteiger charge is 2.21. The molecule has 0 unspecified atom stereocenters. The summed E-state index contributed by atoms with van der Waals surface area (Å²) >= 11 is 6.39. The molecule has 0 saturated carbocycles. The van der Waals surface area contributed by atoms with Gasteiger partial charge in [-0.1, -0.05) is 29.8 Å². The lowest BCUT2D eigenvalue weighted by Crippen LogP contribution is -2.39. The Hall–Kier alpha value is -2.77. The summed E-state index contributed by atoms with van der Waals surface area (Å²) in [4.78, 5) is 27.8. The Morgan fingerprint density at radius 1 is 1.20 bits per heavy atom. The van der Waals surface area contributed by atoms with Crippen molar-refractivity contribution in [3.8, 4) is 0 Å². The normalized spacial score (nSPS) is 14.4. The maximum Gasteiger partial charge on any atom is 0.407 e. The van der Waals surface area contributed by atoms with Gasteiger partial charge in [0.2, 0.25) is 0 Å². The second-order valence-electron chi connectivity index (χ2n) is 7.41. The van der Waals surface area contributed by atoms with Crippen LogP contribution in [0.5, 0.6) is 0 Å². The predicted molar refractivity (Wildman–Crippen MR) is 117 cm³/mol. The molecule has 2 amide bonds. The molecular formula is C22H26ClN3O4. The first-order valence-corrected chi connectivity index (χ1v) is 10.3. The third kappa shape index (κ3) is 5.04. The summed E-state index contributed by atoms with van der Waals surface area (Å²) in [6.45, 7) is 3.34. The SMILES string of the molecule is C[C@H](CO)N(Cc1ccccc1NC(=O)c1ccc(N2CCCC2)cc1Cl)C(=O)O. The first-order chi connectivity index (χ1) is 14.4. The van der Waals surface area contributed by atoms with Gasteiger partial charge < -0.3 is 20.4 Å². The van der Waals surface area contributed by atoms with Gasteiger partial charge in [0.15, 0.2) is 0 Å². The van der Waals surface area contributed by atoms with Crippen molar-refractivity contribution in [3.05, 3.63) is 58.6 Å². The first kappa shape index (κ1) is 21.9. The van der Waals surface area contributed by atoms with Gasteiger partial charge in [-0.3, -0.25) is 9.69 Å². The lowest BCUT2D eigenvalue weighted by Gasteiger charge is -2.26. The number of para-hydroxylation sites is 1. The van der Waals surface area contributed by atoms with Crippen LogP contribution in [0.1, 0.15) is 35.7 Å².